The van der Waals surface area contributed by atoms with Crippen LogP contribution in [0.2, 0.25) is 0 Å². The second-order valence-corrected chi connectivity index (χ2v) is 10.6. The Hall–Kier alpha value is -0.850. The minimum atomic E-state index is 1.20. The van der Waals surface area contributed by atoms with Crippen molar-refractivity contribution in [2.24, 2.45) is 0 Å². The number of unbranched alkanes of at least 4 members (excludes halogenated alkanes) is 18. The maximum absolute atomic E-state index is 2.51. The monoisotopic (exact) mass is 458 g/mol. The smallest absolute Gasteiger partial charge is 0.172 e. The highest BCUT2D eigenvalue weighted by Crippen LogP contribution is 2.16. The van der Waals surface area contributed by atoms with Crippen molar-refractivity contribution >= 4 is 0 Å². The molecule has 0 radical (unpaired) electrons. The maximum atomic E-state index is 2.51. The Balaban J connectivity index is 2.32. The van der Waals surface area contributed by atoms with E-state index in [0.717, 1.165) is 0 Å². The predicted octanol–water partition coefficient (Wildman–Crippen LogP) is 10.3. The molecule has 33 heavy (non-hydrogen) atoms. The van der Waals surface area contributed by atoms with Crippen LogP contribution in [0.3, 0.4) is 0 Å². The van der Waals surface area contributed by atoms with Gasteiger partial charge in [-0.15, -0.1) is 0 Å². The molecule has 0 saturated carbocycles. The van der Waals surface area contributed by atoms with E-state index in [1.54, 1.807) is 11.1 Å². The number of rotatable bonds is 24. The zero-order valence-corrected chi connectivity index (χ0v) is 23.1. The Bertz CT molecular complexity index is 535. The molecule has 0 unspecified atom stereocenters. The number of hydrogen-bond acceptors (Lipinski definition) is 0. The minimum absolute atomic E-state index is 1.20. The topological polar surface area (TPSA) is 3.88 Å². The second-order valence-electron chi connectivity index (χ2n) is 10.6. The summed E-state index contributed by atoms with van der Waals surface area (Å²) in [5.74, 6) is 0. The zero-order valence-electron chi connectivity index (χ0n) is 23.1. The van der Waals surface area contributed by atoms with E-state index < -0.39 is 0 Å². The second kappa shape index (κ2) is 22.9. The van der Waals surface area contributed by atoms with Crippen LogP contribution in [-0.2, 0) is 19.4 Å². The van der Waals surface area contributed by atoms with E-state index in [1.807, 2.05) is 0 Å². The Labute approximate surface area is 209 Å². The third kappa shape index (κ3) is 17.3. The van der Waals surface area contributed by atoms with Crippen molar-refractivity contribution in [3.8, 4) is 0 Å². The highest BCUT2D eigenvalue weighted by Gasteiger charge is 2.10. The van der Waals surface area contributed by atoms with Crippen molar-refractivity contribution < 1.29 is 4.57 Å². The van der Waals surface area contributed by atoms with Crippen LogP contribution in [0.1, 0.15) is 167 Å². The molecule has 0 N–H and O–H groups in total. The average Bonchev–Trinajstić information content (AvgIpc) is 2.83. The van der Waals surface area contributed by atoms with Crippen molar-refractivity contribution in [2.75, 3.05) is 0 Å². The first-order chi connectivity index (χ1) is 16.3. The fraction of sp³-hybridized carbons (Fsp3) is 0.844. The number of hydrogen-bond donors (Lipinski definition) is 0. The minimum Gasteiger partial charge on any atom is -0.205 e. The van der Waals surface area contributed by atoms with Gasteiger partial charge in [-0.1, -0.05) is 130 Å². The number of nitrogens with zero attached hydrogens (tertiary/aromatic N) is 1. The molecule has 0 aliphatic carbocycles. The van der Waals surface area contributed by atoms with Gasteiger partial charge in [-0.2, -0.15) is 0 Å². The van der Waals surface area contributed by atoms with Gasteiger partial charge in [0, 0.05) is 18.1 Å². The van der Waals surface area contributed by atoms with E-state index in [-0.39, 0.29) is 0 Å². The molecule has 0 aliphatic heterocycles. The quantitative estimate of drug-likeness (QED) is 0.107. The molecular weight excluding hydrogens is 398 g/mol. The largest absolute Gasteiger partial charge is 0.205 e. The molecule has 1 heteroatoms. The van der Waals surface area contributed by atoms with Crippen LogP contribution in [0.4, 0.5) is 0 Å². The first-order valence-corrected chi connectivity index (χ1v) is 15.3. The highest BCUT2D eigenvalue weighted by atomic mass is 14.9. The van der Waals surface area contributed by atoms with E-state index in [0.29, 0.717) is 0 Å². The molecule has 0 saturated heterocycles. The number of aryl methyl sites for hydroxylation is 3. The third-order valence-corrected chi connectivity index (χ3v) is 7.32. The fourth-order valence-corrected chi connectivity index (χ4v) is 5.02. The van der Waals surface area contributed by atoms with Gasteiger partial charge in [-0.05, 0) is 37.7 Å². The summed E-state index contributed by atoms with van der Waals surface area (Å²) in [5.41, 5.74) is 3.28. The van der Waals surface area contributed by atoms with Gasteiger partial charge < -0.3 is 0 Å². The molecule has 192 valence electrons. The van der Waals surface area contributed by atoms with E-state index in [4.69, 9.17) is 0 Å². The molecule has 0 amide bonds. The van der Waals surface area contributed by atoms with E-state index in [2.05, 4.69) is 43.8 Å². The first kappa shape index (κ1) is 30.2. The Morgan fingerprint density at radius 1 is 0.455 bits per heavy atom. The molecule has 0 aromatic carbocycles. The van der Waals surface area contributed by atoms with Gasteiger partial charge in [0.05, 0.1) is 0 Å². The van der Waals surface area contributed by atoms with E-state index in [1.165, 1.54) is 154 Å². The molecule has 1 nitrogen and oxygen atoms in total. The van der Waals surface area contributed by atoms with Gasteiger partial charge in [-0.3, -0.25) is 0 Å². The molecule has 0 atom stereocenters. The maximum Gasteiger partial charge on any atom is 0.172 e. The molecule has 1 rings (SSSR count). The van der Waals surface area contributed by atoms with Crippen molar-refractivity contribution in [1.29, 1.82) is 0 Å². The summed E-state index contributed by atoms with van der Waals surface area (Å²) in [6, 6.07) is 2.46. The summed E-state index contributed by atoms with van der Waals surface area (Å²) in [5, 5.41) is 0. The van der Waals surface area contributed by atoms with Crippen molar-refractivity contribution in [3.05, 3.63) is 29.6 Å². The van der Waals surface area contributed by atoms with Crippen LogP contribution >= 0.6 is 0 Å². The van der Waals surface area contributed by atoms with Gasteiger partial charge in [0.1, 0.15) is 6.54 Å². The van der Waals surface area contributed by atoms with Gasteiger partial charge in [0.15, 0.2) is 12.4 Å². The Morgan fingerprint density at radius 3 is 1.33 bits per heavy atom. The Kier molecular flexibility index (Phi) is 21.0. The fourth-order valence-electron chi connectivity index (χ4n) is 5.02. The predicted molar refractivity (Wildman–Crippen MR) is 148 cm³/mol. The lowest BCUT2D eigenvalue weighted by atomic mass is 9.98. The summed E-state index contributed by atoms with van der Waals surface area (Å²) in [6.45, 7) is 8.13. The number of aromatic nitrogens is 1. The van der Waals surface area contributed by atoms with Crippen molar-refractivity contribution in [2.45, 2.75) is 175 Å². The molecular formula is C32H60N+. The molecule has 1 heterocycles. The lowest BCUT2D eigenvalue weighted by molar-refractivity contribution is -0.697. The SMILES string of the molecule is CCCCCCCCCCCCC[n+]1ccc(CCCCCCC)c(CCCCCCC)c1. The molecule has 0 spiro atoms. The summed E-state index contributed by atoms with van der Waals surface area (Å²) in [6.07, 6.45) is 37.0. The third-order valence-electron chi connectivity index (χ3n) is 7.32. The van der Waals surface area contributed by atoms with Gasteiger partial charge in [0.2, 0.25) is 0 Å². The van der Waals surface area contributed by atoms with Crippen LogP contribution in [0.5, 0.6) is 0 Å². The van der Waals surface area contributed by atoms with E-state index in [9.17, 15) is 0 Å². The van der Waals surface area contributed by atoms with E-state index >= 15 is 0 Å². The number of pyridine rings is 1. The van der Waals surface area contributed by atoms with Crippen LogP contribution in [0.25, 0.3) is 0 Å². The summed E-state index contributed by atoms with van der Waals surface area (Å²) in [7, 11) is 0. The first-order valence-electron chi connectivity index (χ1n) is 15.3. The van der Waals surface area contributed by atoms with Gasteiger partial charge in [-0.25, -0.2) is 4.57 Å². The normalized spacial score (nSPS) is 11.4. The van der Waals surface area contributed by atoms with Gasteiger partial charge >= 0.3 is 0 Å². The molecule has 0 fully saturated rings. The van der Waals surface area contributed by atoms with Crippen molar-refractivity contribution in [3.63, 3.8) is 0 Å². The highest BCUT2D eigenvalue weighted by molar-refractivity contribution is 5.21. The van der Waals surface area contributed by atoms with Crippen LogP contribution in [-0.4, -0.2) is 0 Å². The molecule has 1 aromatic heterocycles. The standard InChI is InChI=1S/C32H60N/c1-4-7-10-13-14-15-16-17-18-21-24-28-33-29-27-31(25-22-19-11-8-5-2)32(30-33)26-23-20-12-9-6-3/h27,29-30H,4-26,28H2,1-3H3/q+1. The average molecular weight is 459 g/mol. The lowest BCUT2D eigenvalue weighted by Gasteiger charge is -2.09. The zero-order chi connectivity index (χ0) is 23.8. The summed E-state index contributed by atoms with van der Waals surface area (Å²) >= 11 is 0. The Morgan fingerprint density at radius 2 is 0.848 bits per heavy atom. The van der Waals surface area contributed by atoms with Crippen LogP contribution in [0, 0.1) is 0 Å². The van der Waals surface area contributed by atoms with Crippen LogP contribution in [0.15, 0.2) is 18.5 Å². The van der Waals surface area contributed by atoms with Crippen molar-refractivity contribution in [1.82, 2.24) is 0 Å². The van der Waals surface area contributed by atoms with Crippen LogP contribution < -0.4 is 4.57 Å². The molecule has 0 aliphatic rings. The molecule has 1 aromatic rings. The van der Waals surface area contributed by atoms with Gasteiger partial charge in [0.25, 0.3) is 0 Å². The lowest BCUT2D eigenvalue weighted by Crippen LogP contribution is -2.34. The molecule has 0 bridgehead atoms. The summed E-state index contributed by atoms with van der Waals surface area (Å²) in [4.78, 5) is 0. The summed E-state index contributed by atoms with van der Waals surface area (Å²) < 4.78 is 2.50.